The van der Waals surface area contributed by atoms with Crippen LogP contribution in [-0.2, 0) is 7.05 Å². The number of nitrogens with zero attached hydrogens (tertiary/aromatic N) is 3. The average molecular weight is 252 g/mol. The van der Waals surface area contributed by atoms with Crippen LogP contribution in [0.3, 0.4) is 0 Å². The van der Waals surface area contributed by atoms with Crippen LogP contribution in [0.1, 0.15) is 16.1 Å². The van der Waals surface area contributed by atoms with Crippen molar-refractivity contribution in [3.05, 3.63) is 23.5 Å². The van der Waals surface area contributed by atoms with Crippen LogP contribution in [0.15, 0.2) is 12.3 Å². The molecule has 7 heteroatoms. The molecule has 0 fully saturated rings. The van der Waals surface area contributed by atoms with Crippen molar-refractivity contribution in [1.82, 2.24) is 14.2 Å². The minimum absolute atomic E-state index is 0.251. The standard InChI is InChI=1S/C10H12N4O2S/c1-6-4-8(17-13-6)11-9(15)7-5-14(2)12-10(7)16-3/h4-5H,1-3H3,(H,11,15). The Kier molecular flexibility index (Phi) is 3.10. The van der Waals surface area contributed by atoms with Crippen molar-refractivity contribution in [2.24, 2.45) is 7.05 Å². The van der Waals surface area contributed by atoms with E-state index in [1.54, 1.807) is 13.2 Å². The lowest BCUT2D eigenvalue weighted by Gasteiger charge is -2.00. The third-order valence-corrected chi connectivity index (χ3v) is 2.89. The second-order valence-corrected chi connectivity index (χ2v) is 4.32. The second kappa shape index (κ2) is 4.54. The summed E-state index contributed by atoms with van der Waals surface area (Å²) >= 11 is 1.24. The number of hydrogen-bond acceptors (Lipinski definition) is 5. The Balaban J connectivity index is 2.19. The van der Waals surface area contributed by atoms with Gasteiger partial charge < -0.3 is 10.1 Å². The van der Waals surface area contributed by atoms with E-state index in [4.69, 9.17) is 4.74 Å². The number of ether oxygens (including phenoxy) is 1. The summed E-state index contributed by atoms with van der Waals surface area (Å²) in [4.78, 5) is 12.0. The van der Waals surface area contributed by atoms with Crippen LogP contribution in [0, 0.1) is 6.92 Å². The van der Waals surface area contributed by atoms with Gasteiger partial charge in [0, 0.05) is 13.2 Å². The highest BCUT2D eigenvalue weighted by molar-refractivity contribution is 7.10. The van der Waals surface area contributed by atoms with E-state index in [0.29, 0.717) is 16.4 Å². The summed E-state index contributed by atoms with van der Waals surface area (Å²) < 4.78 is 10.6. The fraction of sp³-hybridized carbons (Fsp3) is 0.300. The van der Waals surface area contributed by atoms with Gasteiger partial charge in [-0.05, 0) is 24.5 Å². The summed E-state index contributed by atoms with van der Waals surface area (Å²) in [5, 5.41) is 7.48. The smallest absolute Gasteiger partial charge is 0.263 e. The highest BCUT2D eigenvalue weighted by Gasteiger charge is 2.17. The summed E-state index contributed by atoms with van der Waals surface area (Å²) in [5.41, 5.74) is 1.28. The number of aryl methyl sites for hydroxylation is 2. The third-order valence-electron chi connectivity index (χ3n) is 2.10. The van der Waals surface area contributed by atoms with Crippen LogP contribution in [0.4, 0.5) is 5.00 Å². The molecule has 0 aliphatic heterocycles. The summed E-state index contributed by atoms with van der Waals surface area (Å²) in [7, 11) is 3.21. The molecule has 0 aliphatic rings. The van der Waals surface area contributed by atoms with E-state index in [0.717, 1.165) is 5.69 Å². The quantitative estimate of drug-likeness (QED) is 0.897. The van der Waals surface area contributed by atoms with Crippen LogP contribution < -0.4 is 10.1 Å². The first-order chi connectivity index (χ1) is 8.10. The number of amides is 1. The fourth-order valence-corrected chi connectivity index (χ4v) is 2.03. The maximum Gasteiger partial charge on any atom is 0.263 e. The molecule has 2 aromatic rings. The summed E-state index contributed by atoms with van der Waals surface area (Å²) in [5.74, 6) is 0.0600. The van der Waals surface area contributed by atoms with Gasteiger partial charge >= 0.3 is 0 Å². The first kappa shape index (κ1) is 11.6. The minimum Gasteiger partial charge on any atom is -0.479 e. The highest BCUT2D eigenvalue weighted by atomic mass is 32.1. The van der Waals surface area contributed by atoms with Gasteiger partial charge in [0.1, 0.15) is 10.6 Å². The Labute approximate surface area is 102 Å². The summed E-state index contributed by atoms with van der Waals surface area (Å²) in [6.45, 7) is 1.87. The van der Waals surface area contributed by atoms with Gasteiger partial charge in [0.2, 0.25) is 5.88 Å². The Morgan fingerprint density at radius 1 is 1.59 bits per heavy atom. The molecule has 0 aliphatic carbocycles. The SMILES string of the molecule is COc1nn(C)cc1C(=O)Nc1cc(C)ns1. The van der Waals surface area contributed by atoms with Gasteiger partial charge in [0.05, 0.1) is 12.8 Å². The number of anilines is 1. The molecule has 0 radical (unpaired) electrons. The molecule has 0 saturated heterocycles. The predicted octanol–water partition coefficient (Wildman–Crippen LogP) is 1.45. The number of hydrogen-bond donors (Lipinski definition) is 1. The molecular formula is C10H12N4O2S. The van der Waals surface area contributed by atoms with Crippen molar-refractivity contribution >= 4 is 22.4 Å². The monoisotopic (exact) mass is 252 g/mol. The van der Waals surface area contributed by atoms with Crippen LogP contribution >= 0.6 is 11.5 Å². The summed E-state index contributed by atoms with van der Waals surface area (Å²) in [6.07, 6.45) is 1.61. The molecule has 90 valence electrons. The van der Waals surface area contributed by atoms with Crippen molar-refractivity contribution in [2.75, 3.05) is 12.4 Å². The topological polar surface area (TPSA) is 69.0 Å². The molecular weight excluding hydrogens is 240 g/mol. The largest absolute Gasteiger partial charge is 0.479 e. The zero-order valence-electron chi connectivity index (χ0n) is 9.72. The van der Waals surface area contributed by atoms with Crippen LogP contribution in [0.5, 0.6) is 5.88 Å². The summed E-state index contributed by atoms with van der Waals surface area (Å²) in [6, 6.07) is 1.81. The van der Waals surface area contributed by atoms with Gasteiger partial charge in [-0.2, -0.15) is 4.37 Å². The molecule has 2 heterocycles. The molecule has 0 atom stereocenters. The molecule has 0 aromatic carbocycles. The number of methoxy groups -OCH3 is 1. The van der Waals surface area contributed by atoms with Gasteiger partial charge in [0.15, 0.2) is 0 Å². The number of rotatable bonds is 3. The molecule has 2 aromatic heterocycles. The first-order valence-corrected chi connectivity index (χ1v) is 5.70. The molecule has 6 nitrogen and oxygen atoms in total. The second-order valence-electron chi connectivity index (χ2n) is 3.51. The molecule has 2 rings (SSSR count). The van der Waals surface area contributed by atoms with Gasteiger partial charge in [-0.25, -0.2) is 0 Å². The lowest BCUT2D eigenvalue weighted by Crippen LogP contribution is -2.11. The van der Waals surface area contributed by atoms with E-state index >= 15 is 0 Å². The maximum atomic E-state index is 12.0. The van der Waals surface area contributed by atoms with Crippen molar-refractivity contribution in [1.29, 1.82) is 0 Å². The lowest BCUT2D eigenvalue weighted by atomic mass is 10.3. The van der Waals surface area contributed by atoms with Gasteiger partial charge in [0.25, 0.3) is 5.91 Å². The Morgan fingerprint density at radius 2 is 2.35 bits per heavy atom. The third kappa shape index (κ3) is 2.44. The zero-order valence-corrected chi connectivity index (χ0v) is 10.5. The highest BCUT2D eigenvalue weighted by Crippen LogP contribution is 2.20. The number of carbonyl (C=O) groups is 1. The fourth-order valence-electron chi connectivity index (χ4n) is 1.38. The number of nitrogens with one attached hydrogen (secondary N) is 1. The van der Waals surface area contributed by atoms with E-state index in [-0.39, 0.29) is 5.91 Å². The Bertz CT molecular complexity index is 546. The van der Waals surface area contributed by atoms with Crippen molar-refractivity contribution < 1.29 is 9.53 Å². The van der Waals surface area contributed by atoms with Crippen LogP contribution in [-0.4, -0.2) is 27.2 Å². The minimum atomic E-state index is -0.251. The molecule has 1 amide bonds. The Morgan fingerprint density at radius 3 is 2.94 bits per heavy atom. The average Bonchev–Trinajstić information content (AvgIpc) is 2.84. The molecule has 0 unspecified atom stereocenters. The number of carbonyl (C=O) groups excluding carboxylic acids is 1. The van der Waals surface area contributed by atoms with Crippen molar-refractivity contribution in [2.45, 2.75) is 6.92 Å². The van der Waals surface area contributed by atoms with E-state index in [9.17, 15) is 4.79 Å². The van der Waals surface area contributed by atoms with E-state index in [2.05, 4.69) is 14.8 Å². The molecule has 17 heavy (non-hydrogen) atoms. The Hall–Kier alpha value is -1.89. The lowest BCUT2D eigenvalue weighted by molar-refractivity contribution is 0.102. The van der Waals surface area contributed by atoms with Crippen molar-refractivity contribution in [3.8, 4) is 5.88 Å². The van der Waals surface area contributed by atoms with E-state index < -0.39 is 0 Å². The van der Waals surface area contributed by atoms with Crippen LogP contribution in [0.2, 0.25) is 0 Å². The molecule has 0 spiro atoms. The molecule has 1 N–H and O–H groups in total. The van der Waals surface area contributed by atoms with Gasteiger partial charge in [-0.3, -0.25) is 9.48 Å². The van der Waals surface area contributed by atoms with Gasteiger partial charge in [-0.1, -0.05) is 0 Å². The first-order valence-electron chi connectivity index (χ1n) is 4.92. The molecule has 0 bridgehead atoms. The van der Waals surface area contributed by atoms with E-state index in [1.165, 1.54) is 23.3 Å². The normalized spacial score (nSPS) is 10.3. The van der Waals surface area contributed by atoms with Crippen molar-refractivity contribution in [3.63, 3.8) is 0 Å². The molecule has 0 saturated carbocycles. The maximum absolute atomic E-state index is 12.0. The van der Waals surface area contributed by atoms with E-state index in [1.807, 2.05) is 13.0 Å². The number of aromatic nitrogens is 3. The zero-order chi connectivity index (χ0) is 12.4. The predicted molar refractivity (Wildman–Crippen MR) is 64.6 cm³/mol. The van der Waals surface area contributed by atoms with Crippen LogP contribution in [0.25, 0.3) is 0 Å². The van der Waals surface area contributed by atoms with Gasteiger partial charge in [-0.15, -0.1) is 5.10 Å².